The van der Waals surface area contributed by atoms with Crippen molar-refractivity contribution in [3.63, 3.8) is 0 Å². The first kappa shape index (κ1) is 17.5. The van der Waals surface area contributed by atoms with Crippen LogP contribution in [0.1, 0.15) is 25.3 Å². The lowest BCUT2D eigenvalue weighted by Gasteiger charge is -2.23. The van der Waals surface area contributed by atoms with E-state index in [0.29, 0.717) is 5.02 Å². The Hall–Kier alpha value is -1.59. The zero-order chi connectivity index (χ0) is 16.0. The van der Waals surface area contributed by atoms with Gasteiger partial charge in [-0.15, -0.1) is 0 Å². The van der Waals surface area contributed by atoms with Crippen LogP contribution in [0, 0.1) is 5.92 Å². The molecule has 0 aliphatic heterocycles. The van der Waals surface area contributed by atoms with E-state index in [1.807, 2.05) is 13.8 Å². The van der Waals surface area contributed by atoms with Crippen molar-refractivity contribution in [2.45, 2.75) is 25.8 Å². The Kier molecular flexibility index (Phi) is 6.65. The van der Waals surface area contributed by atoms with Crippen molar-refractivity contribution in [1.82, 2.24) is 5.32 Å². The molecule has 5 nitrogen and oxygen atoms in total. The highest BCUT2D eigenvalue weighted by Gasteiger charge is 2.28. The second kappa shape index (κ2) is 8.00. The molecule has 0 aliphatic rings. The van der Waals surface area contributed by atoms with E-state index < -0.39 is 17.9 Å². The number of carbonyl (C=O) groups excluding carboxylic acids is 1. The van der Waals surface area contributed by atoms with Crippen LogP contribution >= 0.6 is 11.6 Å². The lowest BCUT2D eigenvalue weighted by molar-refractivity contribution is -0.143. The molecule has 116 valence electrons. The monoisotopic (exact) mass is 313 g/mol. The van der Waals surface area contributed by atoms with Crippen LogP contribution in [0.25, 0.3) is 0 Å². The summed E-state index contributed by atoms with van der Waals surface area (Å²) in [5, 5.41) is 12.2. The molecular formula is C15H20ClNO4. The van der Waals surface area contributed by atoms with E-state index in [1.165, 1.54) is 7.11 Å². The van der Waals surface area contributed by atoms with Crippen molar-refractivity contribution < 1.29 is 19.4 Å². The molecule has 0 radical (unpaired) electrons. The average molecular weight is 314 g/mol. The van der Waals surface area contributed by atoms with E-state index in [0.717, 1.165) is 5.56 Å². The molecule has 0 saturated carbocycles. The maximum absolute atomic E-state index is 12.4. The summed E-state index contributed by atoms with van der Waals surface area (Å²) in [7, 11) is 1.39. The Bertz CT molecular complexity index is 487. The zero-order valence-electron chi connectivity index (χ0n) is 12.3. The summed E-state index contributed by atoms with van der Waals surface area (Å²) in [5.41, 5.74) is 0.799. The molecule has 21 heavy (non-hydrogen) atoms. The highest BCUT2D eigenvalue weighted by atomic mass is 35.5. The normalized spacial score (nSPS) is 13.8. The quantitative estimate of drug-likeness (QED) is 0.810. The highest BCUT2D eigenvalue weighted by molar-refractivity contribution is 6.30. The van der Waals surface area contributed by atoms with Gasteiger partial charge in [0.15, 0.2) is 6.04 Å². The molecule has 1 aromatic rings. The summed E-state index contributed by atoms with van der Waals surface area (Å²) in [5.74, 6) is -1.88. The number of nitrogens with one attached hydrogen (secondary N) is 1. The van der Waals surface area contributed by atoms with Crippen LogP contribution in [-0.2, 0) is 14.3 Å². The van der Waals surface area contributed by atoms with Crippen LogP contribution in [0.3, 0.4) is 0 Å². The van der Waals surface area contributed by atoms with E-state index in [1.54, 1.807) is 24.3 Å². The van der Waals surface area contributed by atoms with Gasteiger partial charge in [-0.3, -0.25) is 4.79 Å². The van der Waals surface area contributed by atoms with Gasteiger partial charge in [0.1, 0.15) is 0 Å². The third-order valence-electron chi connectivity index (χ3n) is 3.13. The van der Waals surface area contributed by atoms with Crippen molar-refractivity contribution in [3.8, 4) is 0 Å². The third-order valence-corrected chi connectivity index (χ3v) is 3.38. The lowest BCUT2D eigenvalue weighted by Crippen LogP contribution is -2.46. The predicted octanol–water partition coefficient (Wildman–Crippen LogP) is 2.30. The molecule has 2 N–H and O–H groups in total. The second-order valence-electron chi connectivity index (χ2n) is 5.13. The number of hydrogen-bond donors (Lipinski definition) is 2. The predicted molar refractivity (Wildman–Crippen MR) is 80.5 cm³/mol. The van der Waals surface area contributed by atoms with E-state index in [4.69, 9.17) is 21.4 Å². The van der Waals surface area contributed by atoms with Gasteiger partial charge in [-0.05, 0) is 23.6 Å². The van der Waals surface area contributed by atoms with Gasteiger partial charge in [0, 0.05) is 12.1 Å². The Morgan fingerprint density at radius 2 is 1.86 bits per heavy atom. The van der Waals surface area contributed by atoms with Gasteiger partial charge < -0.3 is 15.2 Å². The Morgan fingerprint density at radius 3 is 2.29 bits per heavy atom. The van der Waals surface area contributed by atoms with Gasteiger partial charge in [-0.25, -0.2) is 4.79 Å². The average Bonchev–Trinajstić information content (AvgIpc) is 2.40. The molecule has 0 bridgehead atoms. The number of aliphatic carboxylic acids is 1. The maximum Gasteiger partial charge on any atom is 0.328 e. The van der Waals surface area contributed by atoms with E-state index in [9.17, 15) is 9.59 Å². The molecule has 0 aliphatic carbocycles. The molecule has 6 heteroatoms. The molecule has 0 heterocycles. The topological polar surface area (TPSA) is 75.6 Å². The van der Waals surface area contributed by atoms with Gasteiger partial charge >= 0.3 is 5.97 Å². The molecule has 1 aromatic carbocycles. The first-order valence-electron chi connectivity index (χ1n) is 6.64. The lowest BCUT2D eigenvalue weighted by atomic mass is 9.87. The van der Waals surface area contributed by atoms with Crippen LogP contribution < -0.4 is 5.32 Å². The van der Waals surface area contributed by atoms with Gasteiger partial charge in [0.2, 0.25) is 5.91 Å². The summed E-state index contributed by atoms with van der Waals surface area (Å²) in [6.45, 7) is 3.74. The minimum atomic E-state index is -1.12. The largest absolute Gasteiger partial charge is 0.480 e. The van der Waals surface area contributed by atoms with E-state index >= 15 is 0 Å². The number of hydrogen-bond acceptors (Lipinski definition) is 3. The molecule has 0 saturated heterocycles. The zero-order valence-corrected chi connectivity index (χ0v) is 13.1. The van der Waals surface area contributed by atoms with Gasteiger partial charge in [-0.1, -0.05) is 37.6 Å². The number of halogens is 1. The first-order valence-corrected chi connectivity index (χ1v) is 7.02. The van der Waals surface area contributed by atoms with Crippen molar-refractivity contribution >= 4 is 23.5 Å². The summed E-state index contributed by atoms with van der Waals surface area (Å²) < 4.78 is 4.81. The minimum absolute atomic E-state index is 0.0168. The molecule has 2 atom stereocenters. The highest BCUT2D eigenvalue weighted by Crippen LogP contribution is 2.26. The third kappa shape index (κ3) is 5.02. The molecular weight excluding hydrogens is 294 g/mol. The molecule has 1 rings (SSSR count). The molecule has 0 spiro atoms. The minimum Gasteiger partial charge on any atom is -0.480 e. The Balaban J connectivity index is 2.92. The summed E-state index contributed by atoms with van der Waals surface area (Å²) >= 11 is 5.85. The van der Waals surface area contributed by atoms with Crippen LogP contribution in [0.15, 0.2) is 24.3 Å². The summed E-state index contributed by atoms with van der Waals surface area (Å²) in [6.07, 6.45) is 0. The summed E-state index contributed by atoms with van der Waals surface area (Å²) in [6, 6.07) is 5.92. The van der Waals surface area contributed by atoms with Crippen molar-refractivity contribution in [1.29, 1.82) is 0 Å². The van der Waals surface area contributed by atoms with E-state index in [2.05, 4.69) is 5.32 Å². The van der Waals surface area contributed by atoms with Crippen molar-refractivity contribution in [2.24, 2.45) is 5.92 Å². The van der Waals surface area contributed by atoms with Crippen molar-refractivity contribution in [3.05, 3.63) is 34.9 Å². The van der Waals surface area contributed by atoms with Crippen LogP contribution in [-0.4, -0.2) is 36.7 Å². The number of amides is 1. The van der Waals surface area contributed by atoms with Gasteiger partial charge in [0.05, 0.1) is 12.5 Å². The van der Waals surface area contributed by atoms with E-state index in [-0.39, 0.29) is 18.4 Å². The fourth-order valence-corrected chi connectivity index (χ4v) is 2.24. The standard InChI is InChI=1S/C15H20ClNO4/c1-9(2)13(10-4-6-11(16)7-5-10)14(18)17-12(8-21-3)15(19)20/h4-7,9,12-13H,8H2,1-3H3,(H,17,18)(H,19,20). The van der Waals surface area contributed by atoms with Crippen LogP contribution in [0.4, 0.5) is 0 Å². The SMILES string of the molecule is COCC(NC(=O)C(c1ccc(Cl)cc1)C(C)C)C(=O)O. The Labute approximate surface area is 129 Å². The smallest absolute Gasteiger partial charge is 0.328 e. The molecule has 2 unspecified atom stereocenters. The molecule has 1 amide bonds. The number of rotatable bonds is 7. The Morgan fingerprint density at radius 1 is 1.29 bits per heavy atom. The number of carboxylic acids is 1. The first-order chi connectivity index (χ1) is 9.86. The number of methoxy groups -OCH3 is 1. The van der Waals surface area contributed by atoms with Gasteiger partial charge in [0.25, 0.3) is 0 Å². The number of carbonyl (C=O) groups is 2. The summed E-state index contributed by atoms with van der Waals surface area (Å²) in [4.78, 5) is 23.5. The fraction of sp³-hybridized carbons (Fsp3) is 0.467. The fourth-order valence-electron chi connectivity index (χ4n) is 2.11. The number of benzene rings is 1. The molecule has 0 aromatic heterocycles. The number of carboxylic acid groups (broad SMARTS) is 1. The number of ether oxygens (including phenoxy) is 1. The van der Waals surface area contributed by atoms with Crippen LogP contribution in [0.5, 0.6) is 0 Å². The maximum atomic E-state index is 12.4. The molecule has 0 fully saturated rings. The van der Waals surface area contributed by atoms with Crippen LogP contribution in [0.2, 0.25) is 5.02 Å². The second-order valence-corrected chi connectivity index (χ2v) is 5.56. The van der Waals surface area contributed by atoms with Crippen molar-refractivity contribution in [2.75, 3.05) is 13.7 Å². The van der Waals surface area contributed by atoms with Gasteiger partial charge in [-0.2, -0.15) is 0 Å².